The summed E-state index contributed by atoms with van der Waals surface area (Å²) in [6.07, 6.45) is 9.37. The van der Waals surface area contributed by atoms with Crippen LogP contribution in [-0.2, 0) is 11.2 Å². The first-order valence-electron chi connectivity index (χ1n) is 14.5. The van der Waals surface area contributed by atoms with Crippen molar-refractivity contribution in [3.63, 3.8) is 0 Å². The Labute approximate surface area is 235 Å². The first kappa shape index (κ1) is 26.4. The predicted molar refractivity (Wildman–Crippen MR) is 159 cm³/mol. The first-order chi connectivity index (χ1) is 19.5. The number of hydrogen-bond donors (Lipinski definition) is 2. The maximum Gasteiger partial charge on any atom is 0.228 e. The lowest BCUT2D eigenvalue weighted by Gasteiger charge is -2.23. The maximum atomic E-state index is 13.1. The van der Waals surface area contributed by atoms with Crippen LogP contribution in [-0.4, -0.2) is 39.9 Å². The van der Waals surface area contributed by atoms with Crippen molar-refractivity contribution in [1.82, 2.24) is 20.3 Å². The SMILES string of the molecule is Cc1ccc2c(CC(=O)[C@@H]3CCC(C)C3)cccc2c1Oc1ncccc1-c1ccnc(N[C@H]2CCCNC2)n1. The summed E-state index contributed by atoms with van der Waals surface area (Å²) in [5.41, 5.74) is 3.61. The number of ketones is 1. The van der Waals surface area contributed by atoms with E-state index in [1.54, 1.807) is 12.4 Å². The smallest absolute Gasteiger partial charge is 0.228 e. The van der Waals surface area contributed by atoms with Gasteiger partial charge in [-0.1, -0.05) is 37.3 Å². The molecule has 7 heteroatoms. The number of nitrogens with zero attached hydrogens (tertiary/aromatic N) is 3. The summed E-state index contributed by atoms with van der Waals surface area (Å²) >= 11 is 0. The Morgan fingerprint density at radius 1 is 1.02 bits per heavy atom. The van der Waals surface area contributed by atoms with E-state index in [0.717, 1.165) is 84.1 Å². The number of fused-ring (bicyclic) bond motifs is 1. The normalized spacial score (nSPS) is 20.9. The van der Waals surface area contributed by atoms with Gasteiger partial charge in [0.2, 0.25) is 11.8 Å². The van der Waals surface area contributed by atoms with Crippen molar-refractivity contribution in [2.24, 2.45) is 11.8 Å². The van der Waals surface area contributed by atoms with E-state index in [1.165, 1.54) is 0 Å². The highest BCUT2D eigenvalue weighted by molar-refractivity contribution is 5.95. The number of anilines is 1. The number of nitrogens with one attached hydrogen (secondary N) is 2. The number of Topliss-reactive ketones (excluding diaryl/α,β-unsaturated/α-hetero) is 1. The molecule has 1 aliphatic carbocycles. The zero-order valence-corrected chi connectivity index (χ0v) is 23.3. The van der Waals surface area contributed by atoms with Gasteiger partial charge in [0.05, 0.1) is 11.3 Å². The molecule has 6 rings (SSSR count). The van der Waals surface area contributed by atoms with Gasteiger partial charge in [0.1, 0.15) is 11.5 Å². The van der Waals surface area contributed by atoms with E-state index in [0.29, 0.717) is 36.0 Å². The van der Waals surface area contributed by atoms with Gasteiger partial charge >= 0.3 is 0 Å². The molecule has 40 heavy (non-hydrogen) atoms. The average molecular weight is 536 g/mol. The molecule has 3 atom stereocenters. The molecule has 1 aliphatic heterocycles. The molecule has 0 bridgehead atoms. The van der Waals surface area contributed by atoms with Gasteiger partial charge in [-0.3, -0.25) is 4.79 Å². The van der Waals surface area contributed by atoms with Gasteiger partial charge in [-0.15, -0.1) is 0 Å². The van der Waals surface area contributed by atoms with E-state index >= 15 is 0 Å². The highest BCUT2D eigenvalue weighted by atomic mass is 16.5. The summed E-state index contributed by atoms with van der Waals surface area (Å²) in [6.45, 7) is 6.25. The molecule has 0 amide bonds. The van der Waals surface area contributed by atoms with Crippen LogP contribution in [0.3, 0.4) is 0 Å². The van der Waals surface area contributed by atoms with Crippen LogP contribution in [0.2, 0.25) is 0 Å². The highest BCUT2D eigenvalue weighted by Crippen LogP contribution is 2.38. The molecule has 1 unspecified atom stereocenters. The number of carbonyl (C=O) groups is 1. The van der Waals surface area contributed by atoms with E-state index in [-0.39, 0.29) is 5.92 Å². The van der Waals surface area contributed by atoms with Gasteiger partial charge in [0.15, 0.2) is 0 Å². The van der Waals surface area contributed by atoms with Gasteiger partial charge in [0.25, 0.3) is 0 Å². The molecule has 206 valence electrons. The van der Waals surface area contributed by atoms with E-state index in [9.17, 15) is 4.79 Å². The summed E-state index contributed by atoms with van der Waals surface area (Å²) in [5, 5.41) is 8.92. The molecular formula is C33H37N5O2. The molecule has 4 aromatic rings. The fourth-order valence-electron chi connectivity index (χ4n) is 6.13. The van der Waals surface area contributed by atoms with E-state index < -0.39 is 0 Å². The summed E-state index contributed by atoms with van der Waals surface area (Å²) in [5.74, 6) is 3.02. The van der Waals surface area contributed by atoms with Crippen LogP contribution in [0.5, 0.6) is 11.6 Å². The number of pyridine rings is 1. The van der Waals surface area contributed by atoms with Gasteiger partial charge in [0, 0.05) is 42.7 Å². The number of carbonyl (C=O) groups excluding carboxylic acids is 1. The molecule has 0 spiro atoms. The van der Waals surface area contributed by atoms with Crippen LogP contribution in [0, 0.1) is 18.8 Å². The van der Waals surface area contributed by atoms with Crippen molar-refractivity contribution < 1.29 is 9.53 Å². The van der Waals surface area contributed by atoms with E-state index in [2.05, 4.69) is 51.8 Å². The second kappa shape index (κ2) is 11.7. The van der Waals surface area contributed by atoms with Crippen LogP contribution in [0.15, 0.2) is 60.9 Å². The lowest BCUT2D eigenvalue weighted by Crippen LogP contribution is -2.38. The van der Waals surface area contributed by atoms with Crippen molar-refractivity contribution in [3.05, 3.63) is 72.1 Å². The minimum Gasteiger partial charge on any atom is -0.437 e. The molecule has 2 N–H and O–H groups in total. The van der Waals surface area contributed by atoms with Crippen LogP contribution in [0.1, 0.15) is 50.2 Å². The minimum atomic E-state index is 0.184. The van der Waals surface area contributed by atoms with Gasteiger partial charge < -0.3 is 15.4 Å². The Balaban J connectivity index is 1.29. The first-order valence-corrected chi connectivity index (χ1v) is 14.5. The molecular weight excluding hydrogens is 498 g/mol. The number of benzene rings is 2. The highest BCUT2D eigenvalue weighted by Gasteiger charge is 2.27. The van der Waals surface area contributed by atoms with Crippen molar-refractivity contribution in [1.29, 1.82) is 0 Å². The summed E-state index contributed by atoms with van der Waals surface area (Å²) in [4.78, 5) is 27.0. The summed E-state index contributed by atoms with van der Waals surface area (Å²) < 4.78 is 6.58. The number of rotatable bonds is 8. The topological polar surface area (TPSA) is 89.0 Å². The van der Waals surface area contributed by atoms with Crippen LogP contribution < -0.4 is 15.4 Å². The number of aromatic nitrogens is 3. The molecule has 1 saturated heterocycles. The van der Waals surface area contributed by atoms with Gasteiger partial charge in [-0.25, -0.2) is 15.0 Å². The van der Waals surface area contributed by atoms with Crippen molar-refractivity contribution in [2.75, 3.05) is 18.4 Å². The van der Waals surface area contributed by atoms with E-state index in [4.69, 9.17) is 9.72 Å². The maximum absolute atomic E-state index is 13.1. The van der Waals surface area contributed by atoms with Gasteiger partial charge in [-0.2, -0.15) is 0 Å². The molecule has 2 fully saturated rings. The van der Waals surface area contributed by atoms with E-state index in [1.807, 2.05) is 31.2 Å². The Bertz CT molecular complexity index is 1510. The summed E-state index contributed by atoms with van der Waals surface area (Å²) in [7, 11) is 0. The Hall–Kier alpha value is -3.84. The fraction of sp³-hybridized carbons (Fsp3) is 0.394. The van der Waals surface area contributed by atoms with Crippen molar-refractivity contribution in [2.45, 2.75) is 58.4 Å². The lowest BCUT2D eigenvalue weighted by molar-refractivity contribution is -0.122. The van der Waals surface area contributed by atoms with Crippen molar-refractivity contribution in [3.8, 4) is 22.9 Å². The third-order valence-corrected chi connectivity index (χ3v) is 8.35. The number of ether oxygens (including phenoxy) is 1. The average Bonchev–Trinajstić information content (AvgIpc) is 3.42. The molecule has 1 saturated carbocycles. The number of hydrogen-bond acceptors (Lipinski definition) is 7. The zero-order chi connectivity index (χ0) is 27.5. The molecule has 7 nitrogen and oxygen atoms in total. The number of piperidine rings is 1. The minimum absolute atomic E-state index is 0.184. The monoisotopic (exact) mass is 535 g/mol. The molecule has 3 heterocycles. The molecule has 0 radical (unpaired) electrons. The Kier molecular flexibility index (Phi) is 7.73. The standard InChI is InChI=1S/C33H37N5O2/c1-21-10-12-24(18-21)30(39)19-23-6-3-8-27-26(23)13-11-22(2)31(27)40-32-28(9-5-16-35-32)29-14-17-36-33(38-29)37-25-7-4-15-34-20-25/h3,5-6,8-9,11,13-14,16-17,21,24-25,34H,4,7,10,12,15,18-20H2,1-2H3,(H,36,37,38)/t21?,24-,25+/m1/s1. The van der Waals surface area contributed by atoms with Crippen LogP contribution >= 0.6 is 0 Å². The van der Waals surface area contributed by atoms with Crippen molar-refractivity contribution >= 4 is 22.5 Å². The molecule has 2 aromatic carbocycles. The Morgan fingerprint density at radius 3 is 2.77 bits per heavy atom. The van der Waals surface area contributed by atoms with Crippen LogP contribution in [0.25, 0.3) is 22.0 Å². The third kappa shape index (κ3) is 5.70. The van der Waals surface area contributed by atoms with Gasteiger partial charge in [-0.05, 0) is 86.2 Å². The van der Waals surface area contributed by atoms with Crippen LogP contribution in [0.4, 0.5) is 5.95 Å². The quantitative estimate of drug-likeness (QED) is 0.266. The predicted octanol–water partition coefficient (Wildman–Crippen LogP) is 6.50. The summed E-state index contributed by atoms with van der Waals surface area (Å²) in [6, 6.07) is 16.4. The Morgan fingerprint density at radius 2 is 1.95 bits per heavy atom. The largest absolute Gasteiger partial charge is 0.437 e. The number of aryl methyl sites for hydroxylation is 1. The second-order valence-corrected chi connectivity index (χ2v) is 11.4. The third-order valence-electron chi connectivity index (χ3n) is 8.35. The lowest BCUT2D eigenvalue weighted by atomic mass is 9.92. The second-order valence-electron chi connectivity index (χ2n) is 11.4. The molecule has 2 aliphatic rings. The fourth-order valence-corrected chi connectivity index (χ4v) is 6.13. The molecule has 2 aromatic heterocycles. The zero-order valence-electron chi connectivity index (χ0n) is 23.3.